The van der Waals surface area contributed by atoms with Gasteiger partial charge in [-0.3, -0.25) is 5.41 Å². The Balaban J connectivity index is 2.01. The molecule has 0 fully saturated rings. The maximum atomic E-state index is 13.9. The highest BCUT2D eigenvalue weighted by atomic mass is 19.1. The zero-order chi connectivity index (χ0) is 15.3. The number of nitrogens with zero attached hydrogens (tertiary/aromatic N) is 3. The molecule has 0 radical (unpaired) electrons. The summed E-state index contributed by atoms with van der Waals surface area (Å²) in [5.74, 6) is 1.41. The molecule has 0 bridgehead atoms. The van der Waals surface area contributed by atoms with Crippen molar-refractivity contribution in [3.8, 4) is 22.6 Å². The van der Waals surface area contributed by atoms with Crippen LogP contribution < -0.4 is 10.9 Å². The minimum atomic E-state index is -0.272. The fourth-order valence-corrected chi connectivity index (χ4v) is 2.82. The third-order valence-corrected chi connectivity index (χ3v) is 3.97. The fourth-order valence-electron chi connectivity index (χ4n) is 2.82. The minimum absolute atomic E-state index is 0.0590. The monoisotopic (exact) mass is 295 g/mol. The number of hydrogen-bond acceptors (Lipinski definition) is 4. The number of rotatable bonds is 1. The predicted molar refractivity (Wildman–Crippen MR) is 81.1 cm³/mol. The molecular formula is C16H14FN5. The molecule has 5 nitrogen and oxygen atoms in total. The van der Waals surface area contributed by atoms with Crippen LogP contribution in [0.1, 0.15) is 5.56 Å². The van der Waals surface area contributed by atoms with Crippen LogP contribution in [0.15, 0.2) is 30.3 Å². The maximum Gasteiger partial charge on any atom is 0.244 e. The van der Waals surface area contributed by atoms with Gasteiger partial charge < -0.3 is 9.88 Å². The van der Waals surface area contributed by atoms with Crippen LogP contribution in [-0.4, -0.2) is 21.1 Å². The molecule has 4 rings (SSSR count). The van der Waals surface area contributed by atoms with Crippen LogP contribution >= 0.6 is 0 Å². The molecule has 0 aromatic heterocycles. The molecule has 2 N–H and O–H groups in total. The topological polar surface area (TPSA) is 66.6 Å². The van der Waals surface area contributed by atoms with Crippen LogP contribution in [0, 0.1) is 18.2 Å². The van der Waals surface area contributed by atoms with E-state index in [2.05, 4.69) is 15.3 Å². The molecule has 3 aliphatic rings. The van der Waals surface area contributed by atoms with Crippen LogP contribution in [0.25, 0.3) is 22.6 Å². The van der Waals surface area contributed by atoms with Crippen molar-refractivity contribution >= 4 is 5.82 Å². The van der Waals surface area contributed by atoms with Crippen molar-refractivity contribution in [2.24, 2.45) is 0 Å². The largest absolute Gasteiger partial charge is 0.370 e. The van der Waals surface area contributed by atoms with Crippen molar-refractivity contribution in [1.29, 1.82) is 5.41 Å². The second kappa shape index (κ2) is 4.62. The molecule has 0 saturated carbocycles. The summed E-state index contributed by atoms with van der Waals surface area (Å²) in [4.78, 5) is 8.48. The minimum Gasteiger partial charge on any atom is -0.370 e. The summed E-state index contributed by atoms with van der Waals surface area (Å²) in [6.07, 6.45) is 0. The summed E-state index contributed by atoms with van der Waals surface area (Å²) in [5, 5.41) is 11.1. The molecule has 3 heterocycles. The van der Waals surface area contributed by atoms with E-state index in [4.69, 9.17) is 5.41 Å². The van der Waals surface area contributed by atoms with Crippen LogP contribution in [0.2, 0.25) is 0 Å². The third kappa shape index (κ3) is 1.88. The number of aromatic nitrogens is 3. The standard InChI is InChI=1S/C16H14FN5/c1-9-2-3-10(8-12(9)17)14-11-4-5-13-19-6-7-22(13)15(11)21-16(18)20-14/h2-5,8,18-19H,6-7H2,1H3. The fraction of sp³-hybridized carbons (Fsp3) is 0.188. The van der Waals surface area contributed by atoms with Gasteiger partial charge in [-0.25, -0.2) is 9.37 Å². The van der Waals surface area contributed by atoms with Gasteiger partial charge >= 0.3 is 0 Å². The Kier molecular flexibility index (Phi) is 2.72. The average Bonchev–Trinajstić information content (AvgIpc) is 2.98. The molecule has 0 aliphatic carbocycles. The number of anilines is 1. The van der Waals surface area contributed by atoms with E-state index in [1.54, 1.807) is 13.0 Å². The summed E-state index contributed by atoms with van der Waals surface area (Å²) >= 11 is 0. The summed E-state index contributed by atoms with van der Waals surface area (Å²) in [6, 6.07) is 8.91. The summed E-state index contributed by atoms with van der Waals surface area (Å²) in [7, 11) is 0. The highest BCUT2D eigenvalue weighted by Crippen LogP contribution is 2.33. The van der Waals surface area contributed by atoms with Gasteiger partial charge in [0.2, 0.25) is 5.62 Å². The maximum absolute atomic E-state index is 13.9. The lowest BCUT2D eigenvalue weighted by Gasteiger charge is -2.15. The van der Waals surface area contributed by atoms with Gasteiger partial charge in [0.1, 0.15) is 17.5 Å². The number of pyridine rings is 1. The predicted octanol–water partition coefficient (Wildman–Crippen LogP) is 2.40. The summed E-state index contributed by atoms with van der Waals surface area (Å²) in [5.41, 5.74) is 2.61. The first kappa shape index (κ1) is 12.9. The van der Waals surface area contributed by atoms with Crippen LogP contribution in [0.5, 0.6) is 0 Å². The van der Waals surface area contributed by atoms with Gasteiger partial charge in [0.15, 0.2) is 0 Å². The third-order valence-electron chi connectivity index (χ3n) is 3.97. The SMILES string of the molecule is Cc1ccc(-c2nc(=N)nc3n4c(ccc2-3)NCC4)cc1F. The Hall–Kier alpha value is -2.76. The van der Waals surface area contributed by atoms with E-state index >= 15 is 0 Å². The number of aryl methyl sites for hydroxylation is 1. The van der Waals surface area contributed by atoms with Gasteiger partial charge in [0, 0.05) is 24.2 Å². The highest BCUT2D eigenvalue weighted by Gasteiger charge is 2.21. The molecule has 3 aliphatic heterocycles. The van der Waals surface area contributed by atoms with E-state index in [0.717, 1.165) is 24.5 Å². The number of nitrogens with one attached hydrogen (secondary N) is 2. The molecule has 0 saturated heterocycles. The Morgan fingerprint density at radius 1 is 1.23 bits per heavy atom. The van der Waals surface area contributed by atoms with Crippen molar-refractivity contribution < 1.29 is 4.39 Å². The molecule has 0 unspecified atom stereocenters. The second-order valence-electron chi connectivity index (χ2n) is 5.39. The summed E-state index contributed by atoms with van der Waals surface area (Å²) < 4.78 is 15.9. The molecule has 6 heteroatoms. The first-order valence-electron chi connectivity index (χ1n) is 7.10. The lowest BCUT2D eigenvalue weighted by molar-refractivity contribution is 0.619. The first-order valence-corrected chi connectivity index (χ1v) is 7.10. The van der Waals surface area contributed by atoms with Gasteiger partial charge in [-0.05, 0) is 30.7 Å². The van der Waals surface area contributed by atoms with E-state index in [1.807, 2.05) is 22.8 Å². The normalized spacial score (nSPS) is 13.2. The average molecular weight is 295 g/mol. The molecule has 1 aromatic rings. The molecule has 1 aromatic carbocycles. The zero-order valence-electron chi connectivity index (χ0n) is 12.0. The smallest absolute Gasteiger partial charge is 0.244 e. The molecule has 0 amide bonds. The Labute approximate surface area is 126 Å². The Morgan fingerprint density at radius 3 is 2.91 bits per heavy atom. The Bertz CT molecular complexity index is 915. The second-order valence-corrected chi connectivity index (χ2v) is 5.39. The van der Waals surface area contributed by atoms with E-state index in [0.29, 0.717) is 22.6 Å². The summed E-state index contributed by atoms with van der Waals surface area (Å²) in [6.45, 7) is 3.36. The van der Waals surface area contributed by atoms with Crippen LogP contribution in [0.3, 0.4) is 0 Å². The number of hydrogen-bond donors (Lipinski definition) is 2. The number of halogens is 1. The van der Waals surface area contributed by atoms with Crippen LogP contribution in [0.4, 0.5) is 10.2 Å². The van der Waals surface area contributed by atoms with Gasteiger partial charge in [0.25, 0.3) is 0 Å². The van der Waals surface area contributed by atoms with E-state index in [9.17, 15) is 4.39 Å². The quantitative estimate of drug-likeness (QED) is 0.724. The van der Waals surface area contributed by atoms with E-state index in [1.165, 1.54) is 6.07 Å². The van der Waals surface area contributed by atoms with Gasteiger partial charge in [-0.15, -0.1) is 0 Å². The number of fused-ring (bicyclic) bond motifs is 3. The highest BCUT2D eigenvalue weighted by molar-refractivity contribution is 5.79. The van der Waals surface area contributed by atoms with Crippen molar-refractivity contribution in [1.82, 2.24) is 14.5 Å². The first-order chi connectivity index (χ1) is 10.6. The molecule has 0 spiro atoms. The van der Waals surface area contributed by atoms with Crippen molar-refractivity contribution in [3.05, 3.63) is 47.3 Å². The van der Waals surface area contributed by atoms with Crippen molar-refractivity contribution in [2.45, 2.75) is 13.5 Å². The van der Waals surface area contributed by atoms with Gasteiger partial charge in [0.05, 0.1) is 5.69 Å². The van der Waals surface area contributed by atoms with E-state index < -0.39 is 0 Å². The molecular weight excluding hydrogens is 281 g/mol. The van der Waals surface area contributed by atoms with E-state index in [-0.39, 0.29) is 11.4 Å². The lowest BCUT2D eigenvalue weighted by atomic mass is 10.0. The Morgan fingerprint density at radius 2 is 2.09 bits per heavy atom. The molecule has 0 atom stereocenters. The van der Waals surface area contributed by atoms with Gasteiger partial charge in [-0.1, -0.05) is 12.1 Å². The molecule has 110 valence electrons. The van der Waals surface area contributed by atoms with Crippen LogP contribution in [-0.2, 0) is 6.54 Å². The van der Waals surface area contributed by atoms with Crippen molar-refractivity contribution in [2.75, 3.05) is 11.9 Å². The number of benzene rings is 1. The zero-order valence-corrected chi connectivity index (χ0v) is 12.0. The lowest BCUT2D eigenvalue weighted by Crippen LogP contribution is -2.18. The van der Waals surface area contributed by atoms with Gasteiger partial charge in [-0.2, -0.15) is 4.98 Å². The molecule has 22 heavy (non-hydrogen) atoms. The van der Waals surface area contributed by atoms with Crippen molar-refractivity contribution in [3.63, 3.8) is 0 Å².